The first-order valence-corrected chi connectivity index (χ1v) is 9.36. The van der Waals surface area contributed by atoms with Crippen LogP contribution in [0.15, 0.2) is 5.38 Å². The van der Waals surface area contributed by atoms with Crippen LogP contribution in [0.2, 0.25) is 0 Å². The number of thiazole rings is 1. The van der Waals surface area contributed by atoms with Gasteiger partial charge < -0.3 is 9.64 Å². The first-order valence-electron chi connectivity index (χ1n) is 8.48. The summed E-state index contributed by atoms with van der Waals surface area (Å²) in [7, 11) is 0. The van der Waals surface area contributed by atoms with Crippen LogP contribution in [0.5, 0.6) is 0 Å². The van der Waals surface area contributed by atoms with Gasteiger partial charge in [0.2, 0.25) is 5.91 Å². The van der Waals surface area contributed by atoms with Gasteiger partial charge in [-0.3, -0.25) is 4.79 Å². The van der Waals surface area contributed by atoms with Gasteiger partial charge in [0, 0.05) is 31.0 Å². The van der Waals surface area contributed by atoms with Crippen LogP contribution in [-0.4, -0.2) is 41.6 Å². The summed E-state index contributed by atoms with van der Waals surface area (Å²) in [4.78, 5) is 19.3. The lowest BCUT2D eigenvalue weighted by molar-refractivity contribution is -0.134. The van der Waals surface area contributed by atoms with E-state index in [1.807, 2.05) is 4.90 Å². The molecular weight excluding hydrogens is 296 g/mol. The fourth-order valence-corrected chi connectivity index (χ4v) is 4.40. The standard InChI is InChI=1S/C17H26N2O2S/c1-12(2)15-11-22-17(18-15)13-5-3-7-19(10-13)16(20)9-14-6-4-8-21-14/h11-14H,3-10H2,1-2H3/t13-,14+/m0/s1. The van der Waals surface area contributed by atoms with Crippen molar-refractivity contribution in [2.75, 3.05) is 19.7 Å². The molecule has 1 aromatic rings. The smallest absolute Gasteiger partial charge is 0.225 e. The number of aromatic nitrogens is 1. The van der Waals surface area contributed by atoms with Gasteiger partial charge >= 0.3 is 0 Å². The summed E-state index contributed by atoms with van der Waals surface area (Å²) in [5.74, 6) is 1.16. The summed E-state index contributed by atoms with van der Waals surface area (Å²) in [5, 5.41) is 3.38. The summed E-state index contributed by atoms with van der Waals surface area (Å²) in [5.41, 5.74) is 1.18. The number of hydrogen-bond donors (Lipinski definition) is 0. The van der Waals surface area contributed by atoms with Crippen molar-refractivity contribution in [3.63, 3.8) is 0 Å². The third-order valence-electron chi connectivity index (χ3n) is 4.68. The highest BCUT2D eigenvalue weighted by Crippen LogP contribution is 2.31. The van der Waals surface area contributed by atoms with E-state index in [0.29, 0.717) is 18.3 Å². The number of carbonyl (C=O) groups excluding carboxylic acids is 1. The number of amides is 1. The summed E-state index contributed by atoms with van der Waals surface area (Å²) in [6.45, 7) is 6.90. The number of likely N-dealkylation sites (tertiary alicyclic amines) is 1. The van der Waals surface area contributed by atoms with Gasteiger partial charge in [0.05, 0.1) is 23.2 Å². The van der Waals surface area contributed by atoms with Gasteiger partial charge in [0.1, 0.15) is 0 Å². The molecular formula is C17H26N2O2S. The van der Waals surface area contributed by atoms with Crippen molar-refractivity contribution in [1.82, 2.24) is 9.88 Å². The normalized spacial score (nSPS) is 25.9. The second kappa shape index (κ2) is 7.09. The molecule has 0 bridgehead atoms. The summed E-state index contributed by atoms with van der Waals surface area (Å²) < 4.78 is 5.60. The Hall–Kier alpha value is -0.940. The monoisotopic (exact) mass is 322 g/mol. The van der Waals surface area contributed by atoms with Crippen LogP contribution in [0.3, 0.4) is 0 Å². The third kappa shape index (κ3) is 3.69. The van der Waals surface area contributed by atoms with Crippen LogP contribution in [-0.2, 0) is 9.53 Å². The first-order chi connectivity index (χ1) is 10.6. The first kappa shape index (κ1) is 15.9. The van der Waals surface area contributed by atoms with Gasteiger partial charge in [0.25, 0.3) is 0 Å². The molecule has 0 saturated carbocycles. The predicted molar refractivity (Wildman–Crippen MR) is 88.3 cm³/mol. The van der Waals surface area contributed by atoms with E-state index in [4.69, 9.17) is 9.72 Å². The Balaban J connectivity index is 1.59. The summed E-state index contributed by atoms with van der Waals surface area (Å²) >= 11 is 1.76. The van der Waals surface area contributed by atoms with E-state index in [1.54, 1.807) is 11.3 Å². The predicted octanol–water partition coefficient (Wildman–Crippen LogP) is 3.54. The molecule has 122 valence electrons. The fourth-order valence-electron chi connectivity index (χ4n) is 3.29. The van der Waals surface area contributed by atoms with E-state index in [1.165, 1.54) is 10.7 Å². The fraction of sp³-hybridized carbons (Fsp3) is 0.765. The summed E-state index contributed by atoms with van der Waals surface area (Å²) in [6.07, 6.45) is 5.07. The van der Waals surface area contributed by atoms with Gasteiger partial charge in [0.15, 0.2) is 0 Å². The maximum atomic E-state index is 12.5. The lowest BCUT2D eigenvalue weighted by Gasteiger charge is -2.32. The molecule has 0 aromatic carbocycles. The van der Waals surface area contributed by atoms with E-state index in [-0.39, 0.29) is 12.0 Å². The number of nitrogens with zero attached hydrogens (tertiary/aromatic N) is 2. The van der Waals surface area contributed by atoms with Crippen LogP contribution in [0, 0.1) is 0 Å². The Morgan fingerprint density at radius 3 is 3.00 bits per heavy atom. The molecule has 1 aromatic heterocycles. The lowest BCUT2D eigenvalue weighted by Crippen LogP contribution is -2.40. The highest BCUT2D eigenvalue weighted by Gasteiger charge is 2.29. The largest absolute Gasteiger partial charge is 0.378 e. The molecule has 4 nitrogen and oxygen atoms in total. The minimum absolute atomic E-state index is 0.153. The highest BCUT2D eigenvalue weighted by molar-refractivity contribution is 7.09. The molecule has 0 unspecified atom stereocenters. The minimum atomic E-state index is 0.153. The Morgan fingerprint density at radius 1 is 1.45 bits per heavy atom. The van der Waals surface area contributed by atoms with Crippen LogP contribution >= 0.6 is 11.3 Å². The van der Waals surface area contributed by atoms with Crippen molar-refractivity contribution in [3.8, 4) is 0 Å². The average Bonchev–Trinajstić information content (AvgIpc) is 3.18. The highest BCUT2D eigenvalue weighted by atomic mass is 32.1. The van der Waals surface area contributed by atoms with Crippen LogP contribution in [0.4, 0.5) is 0 Å². The van der Waals surface area contributed by atoms with Crippen molar-refractivity contribution in [2.24, 2.45) is 0 Å². The second-order valence-electron chi connectivity index (χ2n) is 6.78. The number of hydrogen-bond acceptors (Lipinski definition) is 4. The molecule has 2 fully saturated rings. The van der Waals surface area contributed by atoms with Gasteiger partial charge in [-0.2, -0.15) is 0 Å². The molecule has 2 aliphatic heterocycles. The number of rotatable bonds is 4. The van der Waals surface area contributed by atoms with Crippen molar-refractivity contribution < 1.29 is 9.53 Å². The molecule has 3 rings (SSSR count). The van der Waals surface area contributed by atoms with Crippen molar-refractivity contribution in [1.29, 1.82) is 0 Å². The molecule has 0 spiro atoms. The molecule has 22 heavy (non-hydrogen) atoms. The topological polar surface area (TPSA) is 42.4 Å². The molecule has 2 saturated heterocycles. The molecule has 2 aliphatic rings. The van der Waals surface area contributed by atoms with Crippen molar-refractivity contribution >= 4 is 17.2 Å². The van der Waals surface area contributed by atoms with Crippen LogP contribution < -0.4 is 0 Å². The van der Waals surface area contributed by atoms with Crippen LogP contribution in [0.25, 0.3) is 0 Å². The molecule has 0 aliphatic carbocycles. The quantitative estimate of drug-likeness (QED) is 0.851. The lowest BCUT2D eigenvalue weighted by atomic mass is 9.98. The molecule has 2 atom stereocenters. The van der Waals surface area contributed by atoms with Gasteiger partial charge in [-0.25, -0.2) is 4.98 Å². The second-order valence-corrected chi connectivity index (χ2v) is 7.67. The average molecular weight is 322 g/mol. The molecule has 3 heterocycles. The summed E-state index contributed by atoms with van der Waals surface area (Å²) in [6, 6.07) is 0. The van der Waals surface area contributed by atoms with Crippen molar-refractivity contribution in [3.05, 3.63) is 16.1 Å². The number of ether oxygens (including phenoxy) is 1. The zero-order valence-corrected chi connectivity index (χ0v) is 14.4. The molecule has 0 N–H and O–H groups in total. The number of piperidine rings is 1. The van der Waals surface area contributed by atoms with Gasteiger partial charge in [-0.1, -0.05) is 13.8 Å². The Kier molecular flexibility index (Phi) is 5.14. The van der Waals surface area contributed by atoms with E-state index in [2.05, 4.69) is 19.2 Å². The minimum Gasteiger partial charge on any atom is -0.378 e. The van der Waals surface area contributed by atoms with Gasteiger partial charge in [-0.15, -0.1) is 11.3 Å². The Labute approximate surface area is 136 Å². The maximum Gasteiger partial charge on any atom is 0.225 e. The SMILES string of the molecule is CC(C)c1csc([C@H]2CCCN(C(=O)C[C@H]3CCCO3)C2)n1. The molecule has 5 heteroatoms. The van der Waals surface area contributed by atoms with E-state index >= 15 is 0 Å². The van der Waals surface area contributed by atoms with E-state index in [0.717, 1.165) is 45.4 Å². The van der Waals surface area contributed by atoms with E-state index < -0.39 is 0 Å². The third-order valence-corrected chi connectivity index (χ3v) is 5.71. The Bertz CT molecular complexity index is 509. The molecule has 1 amide bonds. The maximum absolute atomic E-state index is 12.5. The molecule has 0 radical (unpaired) electrons. The number of carbonyl (C=O) groups is 1. The zero-order chi connectivity index (χ0) is 15.5. The zero-order valence-electron chi connectivity index (χ0n) is 13.6. The van der Waals surface area contributed by atoms with Gasteiger partial charge in [-0.05, 0) is 31.6 Å². The van der Waals surface area contributed by atoms with Crippen molar-refractivity contribution in [2.45, 2.75) is 63.9 Å². The Morgan fingerprint density at radius 2 is 2.32 bits per heavy atom. The van der Waals surface area contributed by atoms with E-state index in [9.17, 15) is 4.79 Å². The van der Waals surface area contributed by atoms with Crippen LogP contribution in [0.1, 0.15) is 68.5 Å².